The van der Waals surface area contributed by atoms with Gasteiger partial charge in [-0.05, 0) is 32.0 Å². The molecule has 0 aliphatic heterocycles. The molecule has 0 heterocycles. The number of carbonyl (C=O) groups is 1. The van der Waals surface area contributed by atoms with E-state index in [0.29, 0.717) is 16.3 Å². The maximum Gasteiger partial charge on any atom is 0.257 e. The van der Waals surface area contributed by atoms with Gasteiger partial charge in [-0.15, -0.1) is 0 Å². The van der Waals surface area contributed by atoms with E-state index in [2.05, 4.69) is 0 Å². The highest BCUT2D eigenvalue weighted by atomic mass is 35.5. The Morgan fingerprint density at radius 3 is 2.61 bits per heavy atom. The zero-order chi connectivity index (χ0) is 13.9. The van der Waals surface area contributed by atoms with Gasteiger partial charge in [-0.25, -0.2) is 0 Å². The molecule has 0 saturated heterocycles. The van der Waals surface area contributed by atoms with Gasteiger partial charge in [-0.2, -0.15) is 0 Å². The van der Waals surface area contributed by atoms with Crippen molar-refractivity contribution in [2.24, 2.45) is 0 Å². The van der Waals surface area contributed by atoms with Gasteiger partial charge in [0.1, 0.15) is 5.75 Å². The van der Waals surface area contributed by atoms with Crippen LogP contribution in [0.3, 0.4) is 0 Å². The number of ether oxygens (including phenoxy) is 1. The van der Waals surface area contributed by atoms with Crippen LogP contribution in [0.5, 0.6) is 5.75 Å². The predicted octanol–water partition coefficient (Wildman–Crippen LogP) is 2.19. The zero-order valence-electron chi connectivity index (χ0n) is 11.0. The highest BCUT2D eigenvalue weighted by Crippen LogP contribution is 2.25. The largest absolute Gasteiger partial charge is 0.496 e. The summed E-state index contributed by atoms with van der Waals surface area (Å²) in [5, 5.41) is 9.76. The van der Waals surface area contributed by atoms with Crippen molar-refractivity contribution in [1.82, 2.24) is 4.90 Å². The minimum Gasteiger partial charge on any atom is -0.496 e. The third-order valence-corrected chi connectivity index (χ3v) is 3.23. The Bertz CT molecular complexity index is 446. The van der Waals surface area contributed by atoms with Crippen LogP contribution in [0.4, 0.5) is 0 Å². The number of methoxy groups -OCH3 is 1. The first-order valence-corrected chi connectivity index (χ1v) is 5.94. The van der Waals surface area contributed by atoms with Crippen LogP contribution >= 0.6 is 11.6 Å². The van der Waals surface area contributed by atoms with Gasteiger partial charge in [0.2, 0.25) is 0 Å². The highest BCUT2D eigenvalue weighted by molar-refractivity contribution is 6.31. The Morgan fingerprint density at radius 2 is 2.11 bits per heavy atom. The summed E-state index contributed by atoms with van der Waals surface area (Å²) in [5.41, 5.74) is -0.265. The van der Waals surface area contributed by atoms with E-state index in [4.69, 9.17) is 16.3 Å². The number of likely N-dealkylation sites (N-methyl/N-ethyl adjacent to an activating group) is 1. The monoisotopic (exact) mass is 271 g/mol. The fraction of sp³-hybridized carbons (Fsp3) is 0.462. The van der Waals surface area contributed by atoms with Crippen molar-refractivity contribution < 1.29 is 14.6 Å². The molecule has 4 nitrogen and oxygen atoms in total. The SMILES string of the molecule is COc1ccc(Cl)cc1C(=O)N(C)C(C)(C)CO. The summed E-state index contributed by atoms with van der Waals surface area (Å²) >= 11 is 5.90. The number of rotatable bonds is 4. The van der Waals surface area contributed by atoms with Crippen LogP contribution in [0.1, 0.15) is 24.2 Å². The standard InChI is InChI=1S/C13H18ClNO3/c1-13(2,8-16)15(3)12(17)10-7-9(14)5-6-11(10)18-4/h5-7,16H,8H2,1-4H3. The molecule has 1 N–H and O–H groups in total. The summed E-state index contributed by atoms with van der Waals surface area (Å²) in [6.45, 7) is 3.43. The maximum absolute atomic E-state index is 12.4. The number of nitrogens with zero attached hydrogens (tertiary/aromatic N) is 1. The van der Waals surface area contributed by atoms with E-state index in [-0.39, 0.29) is 12.5 Å². The minimum absolute atomic E-state index is 0.127. The number of aliphatic hydroxyl groups is 1. The molecule has 5 heteroatoms. The second-order valence-corrected chi connectivity index (χ2v) is 5.12. The first-order chi connectivity index (χ1) is 8.33. The lowest BCUT2D eigenvalue weighted by Crippen LogP contribution is -2.47. The van der Waals surface area contributed by atoms with Crippen molar-refractivity contribution in [2.75, 3.05) is 20.8 Å². The van der Waals surface area contributed by atoms with Crippen LogP contribution in [0.2, 0.25) is 5.02 Å². The molecule has 0 fully saturated rings. The molecule has 100 valence electrons. The number of hydrogen-bond acceptors (Lipinski definition) is 3. The second-order valence-electron chi connectivity index (χ2n) is 4.68. The van der Waals surface area contributed by atoms with Crippen molar-refractivity contribution in [3.05, 3.63) is 28.8 Å². The lowest BCUT2D eigenvalue weighted by Gasteiger charge is -2.34. The van der Waals surface area contributed by atoms with E-state index >= 15 is 0 Å². The van der Waals surface area contributed by atoms with Crippen LogP contribution in [0.25, 0.3) is 0 Å². The second kappa shape index (κ2) is 5.59. The van der Waals surface area contributed by atoms with Crippen molar-refractivity contribution >= 4 is 17.5 Å². The molecule has 18 heavy (non-hydrogen) atoms. The summed E-state index contributed by atoms with van der Waals surface area (Å²) in [6, 6.07) is 4.87. The fourth-order valence-electron chi connectivity index (χ4n) is 1.41. The highest BCUT2D eigenvalue weighted by Gasteiger charge is 2.29. The smallest absolute Gasteiger partial charge is 0.257 e. The van der Waals surface area contributed by atoms with Crippen molar-refractivity contribution in [3.8, 4) is 5.75 Å². The number of hydrogen-bond donors (Lipinski definition) is 1. The third-order valence-electron chi connectivity index (χ3n) is 2.99. The number of halogens is 1. The minimum atomic E-state index is -0.648. The van der Waals surface area contributed by atoms with Crippen LogP contribution < -0.4 is 4.74 Å². The molecular weight excluding hydrogens is 254 g/mol. The van der Waals surface area contributed by atoms with Crippen LogP contribution in [0.15, 0.2) is 18.2 Å². The Hall–Kier alpha value is -1.26. The van der Waals surface area contributed by atoms with Gasteiger partial charge in [-0.3, -0.25) is 4.79 Å². The van der Waals surface area contributed by atoms with E-state index in [1.54, 1.807) is 39.1 Å². The number of amides is 1. The normalized spacial score (nSPS) is 11.2. The molecule has 0 bridgehead atoms. The first-order valence-electron chi connectivity index (χ1n) is 5.56. The van der Waals surface area contributed by atoms with E-state index in [1.165, 1.54) is 12.0 Å². The van der Waals surface area contributed by atoms with Crippen molar-refractivity contribution in [1.29, 1.82) is 0 Å². The topological polar surface area (TPSA) is 49.8 Å². The summed E-state index contributed by atoms with van der Waals surface area (Å²) in [7, 11) is 3.14. The van der Waals surface area contributed by atoms with Gasteiger partial charge >= 0.3 is 0 Å². The molecule has 0 saturated carbocycles. The molecule has 0 aliphatic rings. The molecule has 0 aliphatic carbocycles. The molecule has 0 aromatic heterocycles. The Kier molecular flexibility index (Phi) is 4.59. The van der Waals surface area contributed by atoms with Gasteiger partial charge in [0.25, 0.3) is 5.91 Å². The Balaban J connectivity index is 3.14. The van der Waals surface area contributed by atoms with Gasteiger partial charge in [0, 0.05) is 12.1 Å². The molecule has 0 radical (unpaired) electrons. The lowest BCUT2D eigenvalue weighted by atomic mass is 10.0. The Morgan fingerprint density at radius 1 is 1.50 bits per heavy atom. The van der Waals surface area contributed by atoms with Gasteiger partial charge in [0.15, 0.2) is 0 Å². The van der Waals surface area contributed by atoms with Crippen LogP contribution in [-0.4, -0.2) is 42.2 Å². The molecule has 1 aromatic carbocycles. The van der Waals surface area contributed by atoms with E-state index in [9.17, 15) is 9.90 Å². The van der Waals surface area contributed by atoms with Gasteiger partial charge in [-0.1, -0.05) is 11.6 Å². The zero-order valence-corrected chi connectivity index (χ0v) is 11.8. The third kappa shape index (κ3) is 2.94. The van der Waals surface area contributed by atoms with Crippen LogP contribution in [0, 0.1) is 0 Å². The first kappa shape index (κ1) is 14.8. The number of aliphatic hydroxyl groups excluding tert-OH is 1. The van der Waals surface area contributed by atoms with E-state index in [1.807, 2.05) is 0 Å². The molecule has 1 aromatic rings. The van der Waals surface area contributed by atoms with Gasteiger partial charge < -0.3 is 14.7 Å². The average Bonchev–Trinajstić information content (AvgIpc) is 2.36. The van der Waals surface area contributed by atoms with Crippen molar-refractivity contribution in [2.45, 2.75) is 19.4 Å². The number of carbonyl (C=O) groups excluding carboxylic acids is 1. The molecule has 0 atom stereocenters. The summed E-state index contributed by atoms with van der Waals surface area (Å²) < 4.78 is 5.15. The summed E-state index contributed by atoms with van der Waals surface area (Å²) in [5.74, 6) is 0.221. The van der Waals surface area contributed by atoms with Gasteiger partial charge in [0.05, 0.1) is 24.8 Å². The van der Waals surface area contributed by atoms with Crippen LogP contribution in [-0.2, 0) is 0 Å². The lowest BCUT2D eigenvalue weighted by molar-refractivity contribution is 0.0470. The molecule has 0 spiro atoms. The molecule has 0 unspecified atom stereocenters. The quantitative estimate of drug-likeness (QED) is 0.913. The van der Waals surface area contributed by atoms with Crippen molar-refractivity contribution in [3.63, 3.8) is 0 Å². The van der Waals surface area contributed by atoms with E-state index < -0.39 is 5.54 Å². The summed E-state index contributed by atoms with van der Waals surface area (Å²) in [6.07, 6.45) is 0. The maximum atomic E-state index is 12.4. The molecular formula is C13H18ClNO3. The fourth-order valence-corrected chi connectivity index (χ4v) is 1.58. The average molecular weight is 272 g/mol. The molecule has 1 amide bonds. The Labute approximate surface area is 112 Å². The predicted molar refractivity (Wildman–Crippen MR) is 71.3 cm³/mol. The summed E-state index contributed by atoms with van der Waals surface area (Å²) in [4.78, 5) is 13.8. The molecule has 1 rings (SSSR count). The van der Waals surface area contributed by atoms with E-state index in [0.717, 1.165) is 0 Å². The number of benzene rings is 1.